The summed E-state index contributed by atoms with van der Waals surface area (Å²) in [4.78, 5) is 0. The first-order valence-electron chi connectivity index (χ1n) is 6.32. The number of hydrogen-bond donors (Lipinski definition) is 0. The molecular formula is C15H19ClO2. The lowest BCUT2D eigenvalue weighted by molar-refractivity contribution is 0.391. The van der Waals surface area contributed by atoms with Crippen LogP contribution in [0, 0.1) is 0 Å². The molecule has 1 atom stereocenters. The Morgan fingerprint density at radius 3 is 2.39 bits per heavy atom. The van der Waals surface area contributed by atoms with E-state index in [4.69, 9.17) is 21.1 Å². The zero-order valence-electron chi connectivity index (χ0n) is 10.9. The first-order valence-corrected chi connectivity index (χ1v) is 6.76. The summed E-state index contributed by atoms with van der Waals surface area (Å²) in [5.41, 5.74) is 2.29. The highest BCUT2D eigenvalue weighted by atomic mass is 35.5. The highest BCUT2D eigenvalue weighted by Crippen LogP contribution is 2.39. The molecule has 0 amide bonds. The largest absolute Gasteiger partial charge is 0.496 e. The van der Waals surface area contributed by atoms with Crippen molar-refractivity contribution in [3.63, 3.8) is 0 Å². The minimum Gasteiger partial charge on any atom is -0.496 e. The third-order valence-corrected chi connectivity index (χ3v) is 3.65. The van der Waals surface area contributed by atoms with Gasteiger partial charge in [-0.25, -0.2) is 0 Å². The second kappa shape index (κ2) is 6.14. The molecule has 1 aliphatic rings. The van der Waals surface area contributed by atoms with Crippen molar-refractivity contribution in [2.45, 2.75) is 31.1 Å². The third-order valence-electron chi connectivity index (χ3n) is 3.31. The monoisotopic (exact) mass is 266 g/mol. The Morgan fingerprint density at radius 1 is 1.11 bits per heavy atom. The lowest BCUT2D eigenvalue weighted by Crippen LogP contribution is -1.98. The van der Waals surface area contributed by atoms with E-state index in [1.807, 2.05) is 18.2 Å². The van der Waals surface area contributed by atoms with Crippen LogP contribution in [0.3, 0.4) is 0 Å². The molecule has 3 heteroatoms. The van der Waals surface area contributed by atoms with E-state index in [1.54, 1.807) is 14.2 Å². The van der Waals surface area contributed by atoms with Gasteiger partial charge in [0.15, 0.2) is 0 Å². The number of benzene rings is 1. The molecular weight excluding hydrogens is 248 g/mol. The molecule has 18 heavy (non-hydrogen) atoms. The quantitative estimate of drug-likeness (QED) is 0.761. The molecule has 0 fully saturated rings. The normalized spacial score (nSPS) is 19.9. The lowest BCUT2D eigenvalue weighted by Gasteiger charge is -2.15. The van der Waals surface area contributed by atoms with Crippen LogP contribution in [0.5, 0.6) is 11.5 Å². The Bertz CT molecular complexity index is 418. The molecule has 0 N–H and O–H groups in total. The standard InChI is InChI=1S/C15H19ClO2/c1-17-13-8-5-9-14(18-2)15(13)11-6-3-4-7-12(16)10-11/h5,8-10,12H,3-4,6-7H2,1-2H3. The minimum absolute atomic E-state index is 0.108. The molecule has 0 saturated carbocycles. The molecule has 1 aromatic rings. The second-order valence-electron chi connectivity index (χ2n) is 4.49. The van der Waals surface area contributed by atoms with Gasteiger partial charge in [0.05, 0.1) is 25.2 Å². The molecule has 2 rings (SSSR count). The van der Waals surface area contributed by atoms with Crippen molar-refractivity contribution in [2.24, 2.45) is 0 Å². The maximum absolute atomic E-state index is 6.30. The zero-order chi connectivity index (χ0) is 13.0. The van der Waals surface area contributed by atoms with Crippen LogP contribution in [0.15, 0.2) is 24.3 Å². The number of ether oxygens (including phenoxy) is 2. The predicted molar refractivity (Wildman–Crippen MR) is 75.6 cm³/mol. The van der Waals surface area contributed by atoms with E-state index >= 15 is 0 Å². The summed E-state index contributed by atoms with van der Waals surface area (Å²) in [6.45, 7) is 0. The number of allylic oxidation sites excluding steroid dienone is 2. The average molecular weight is 267 g/mol. The summed E-state index contributed by atoms with van der Waals surface area (Å²) in [5.74, 6) is 1.71. The number of methoxy groups -OCH3 is 2. The van der Waals surface area contributed by atoms with Crippen molar-refractivity contribution in [1.29, 1.82) is 0 Å². The third kappa shape index (κ3) is 2.81. The first kappa shape index (κ1) is 13.3. The number of halogens is 1. The van der Waals surface area contributed by atoms with Crippen LogP contribution < -0.4 is 9.47 Å². The fourth-order valence-corrected chi connectivity index (χ4v) is 2.72. The van der Waals surface area contributed by atoms with Gasteiger partial charge in [-0.1, -0.05) is 18.6 Å². The molecule has 2 nitrogen and oxygen atoms in total. The van der Waals surface area contributed by atoms with E-state index in [-0.39, 0.29) is 5.38 Å². The fraction of sp³-hybridized carbons (Fsp3) is 0.467. The fourth-order valence-electron chi connectivity index (χ4n) is 2.42. The smallest absolute Gasteiger partial charge is 0.130 e. The zero-order valence-corrected chi connectivity index (χ0v) is 11.7. The Kier molecular flexibility index (Phi) is 4.54. The van der Waals surface area contributed by atoms with Crippen LogP contribution in [-0.4, -0.2) is 19.6 Å². The summed E-state index contributed by atoms with van der Waals surface area (Å²) in [5, 5.41) is 0.108. The van der Waals surface area contributed by atoms with Crippen molar-refractivity contribution in [3.8, 4) is 11.5 Å². The SMILES string of the molecule is COc1cccc(OC)c1C1=CC(Cl)CCCC1. The van der Waals surface area contributed by atoms with Gasteiger partial charge < -0.3 is 9.47 Å². The van der Waals surface area contributed by atoms with E-state index in [1.165, 1.54) is 12.0 Å². The predicted octanol–water partition coefficient (Wildman–Crippen LogP) is 4.27. The van der Waals surface area contributed by atoms with Gasteiger partial charge >= 0.3 is 0 Å². The van der Waals surface area contributed by atoms with E-state index in [2.05, 4.69) is 6.08 Å². The van der Waals surface area contributed by atoms with Crippen molar-refractivity contribution in [3.05, 3.63) is 29.8 Å². The van der Waals surface area contributed by atoms with Gasteiger partial charge in [-0.15, -0.1) is 11.6 Å². The average Bonchev–Trinajstić information content (AvgIpc) is 2.62. The Balaban J connectivity index is 2.47. The summed E-state index contributed by atoms with van der Waals surface area (Å²) in [6.07, 6.45) is 6.55. The maximum atomic E-state index is 6.30. The Labute approximate surface area is 114 Å². The molecule has 0 aliphatic heterocycles. The maximum Gasteiger partial charge on any atom is 0.130 e. The van der Waals surface area contributed by atoms with Crippen LogP contribution in [0.2, 0.25) is 0 Å². The van der Waals surface area contributed by atoms with E-state index in [0.29, 0.717) is 0 Å². The summed E-state index contributed by atoms with van der Waals surface area (Å²) in [7, 11) is 3.38. The van der Waals surface area contributed by atoms with Crippen LogP contribution in [-0.2, 0) is 0 Å². The van der Waals surface area contributed by atoms with E-state index < -0.39 is 0 Å². The molecule has 0 saturated heterocycles. The molecule has 1 aliphatic carbocycles. The topological polar surface area (TPSA) is 18.5 Å². The minimum atomic E-state index is 0.108. The van der Waals surface area contributed by atoms with Gasteiger partial charge in [0.2, 0.25) is 0 Å². The highest BCUT2D eigenvalue weighted by molar-refractivity contribution is 6.22. The molecule has 0 spiro atoms. The number of rotatable bonds is 3. The Hall–Kier alpha value is -1.15. The first-order chi connectivity index (χ1) is 8.76. The van der Waals surface area contributed by atoms with Gasteiger partial charge in [0.1, 0.15) is 11.5 Å². The van der Waals surface area contributed by atoms with Gasteiger partial charge in [0.25, 0.3) is 0 Å². The van der Waals surface area contributed by atoms with Crippen molar-refractivity contribution < 1.29 is 9.47 Å². The van der Waals surface area contributed by atoms with Crippen LogP contribution in [0.25, 0.3) is 5.57 Å². The second-order valence-corrected chi connectivity index (χ2v) is 5.05. The highest BCUT2D eigenvalue weighted by Gasteiger charge is 2.18. The van der Waals surface area contributed by atoms with Gasteiger partial charge in [-0.3, -0.25) is 0 Å². The van der Waals surface area contributed by atoms with Crippen molar-refractivity contribution in [2.75, 3.05) is 14.2 Å². The molecule has 0 bridgehead atoms. The van der Waals surface area contributed by atoms with Gasteiger partial charge in [-0.05, 0) is 37.0 Å². The Morgan fingerprint density at radius 2 is 1.78 bits per heavy atom. The summed E-state index contributed by atoms with van der Waals surface area (Å²) < 4.78 is 10.9. The molecule has 98 valence electrons. The molecule has 0 heterocycles. The number of hydrogen-bond acceptors (Lipinski definition) is 2. The molecule has 0 aromatic heterocycles. The molecule has 1 aromatic carbocycles. The van der Waals surface area contributed by atoms with Crippen LogP contribution >= 0.6 is 11.6 Å². The van der Waals surface area contributed by atoms with E-state index in [9.17, 15) is 0 Å². The molecule has 0 radical (unpaired) electrons. The van der Waals surface area contributed by atoms with E-state index in [0.717, 1.165) is 36.3 Å². The summed E-state index contributed by atoms with van der Waals surface area (Å²) in [6, 6.07) is 5.87. The van der Waals surface area contributed by atoms with Gasteiger partial charge in [-0.2, -0.15) is 0 Å². The van der Waals surface area contributed by atoms with Gasteiger partial charge in [0, 0.05) is 0 Å². The summed E-state index contributed by atoms with van der Waals surface area (Å²) >= 11 is 6.30. The number of alkyl halides is 1. The molecule has 1 unspecified atom stereocenters. The van der Waals surface area contributed by atoms with Crippen LogP contribution in [0.1, 0.15) is 31.2 Å². The van der Waals surface area contributed by atoms with Crippen LogP contribution in [0.4, 0.5) is 0 Å². The van der Waals surface area contributed by atoms with Crippen molar-refractivity contribution >= 4 is 17.2 Å². The van der Waals surface area contributed by atoms with Crippen molar-refractivity contribution in [1.82, 2.24) is 0 Å². The lowest BCUT2D eigenvalue weighted by atomic mass is 9.99.